The van der Waals surface area contributed by atoms with E-state index in [2.05, 4.69) is 77.6 Å². The van der Waals surface area contributed by atoms with Crippen LogP contribution in [0.5, 0.6) is 0 Å². The lowest BCUT2D eigenvalue weighted by molar-refractivity contribution is 0.923. The van der Waals surface area contributed by atoms with E-state index in [0.29, 0.717) is 6.54 Å². The largest absolute Gasteiger partial charge is 0.384 e. The van der Waals surface area contributed by atoms with Gasteiger partial charge in [-0.1, -0.05) is 42.2 Å². The van der Waals surface area contributed by atoms with Crippen LogP contribution in [0.1, 0.15) is 16.7 Å². The SMILES string of the molecule is CN(Cc1ccc(C#CCNc2ccc(C(=N)N)cc2)cc1)c1ccccc1. The Morgan fingerprint density at radius 3 is 2.29 bits per heavy atom. The normalized spacial score (nSPS) is 9.89. The first-order valence-corrected chi connectivity index (χ1v) is 9.14. The van der Waals surface area contributed by atoms with Crippen molar-refractivity contribution in [2.45, 2.75) is 6.54 Å². The van der Waals surface area contributed by atoms with Crippen LogP contribution < -0.4 is 16.0 Å². The number of amidine groups is 1. The molecule has 0 aliphatic carbocycles. The zero-order valence-electron chi connectivity index (χ0n) is 15.9. The van der Waals surface area contributed by atoms with Gasteiger partial charge in [0.1, 0.15) is 5.84 Å². The summed E-state index contributed by atoms with van der Waals surface area (Å²) < 4.78 is 0. The second kappa shape index (κ2) is 9.29. The summed E-state index contributed by atoms with van der Waals surface area (Å²) in [4.78, 5) is 2.22. The summed E-state index contributed by atoms with van der Waals surface area (Å²) in [7, 11) is 2.09. The van der Waals surface area contributed by atoms with E-state index < -0.39 is 0 Å². The molecule has 4 nitrogen and oxygen atoms in total. The second-order valence-corrected chi connectivity index (χ2v) is 6.53. The average molecular weight is 368 g/mol. The minimum absolute atomic E-state index is 0.0738. The van der Waals surface area contributed by atoms with Gasteiger partial charge in [-0.2, -0.15) is 0 Å². The van der Waals surface area contributed by atoms with Crippen molar-refractivity contribution in [2.75, 3.05) is 23.8 Å². The molecule has 4 heteroatoms. The van der Waals surface area contributed by atoms with Gasteiger partial charge in [0.25, 0.3) is 0 Å². The maximum absolute atomic E-state index is 7.40. The summed E-state index contributed by atoms with van der Waals surface area (Å²) in [6.45, 7) is 1.41. The van der Waals surface area contributed by atoms with Crippen molar-refractivity contribution >= 4 is 17.2 Å². The van der Waals surface area contributed by atoms with E-state index in [-0.39, 0.29) is 5.84 Å². The highest BCUT2D eigenvalue weighted by atomic mass is 15.1. The summed E-state index contributed by atoms with van der Waals surface area (Å²) in [5.74, 6) is 6.39. The highest BCUT2D eigenvalue weighted by Crippen LogP contribution is 2.15. The number of hydrogen-bond acceptors (Lipinski definition) is 3. The van der Waals surface area contributed by atoms with Gasteiger partial charge < -0.3 is 16.0 Å². The van der Waals surface area contributed by atoms with E-state index in [4.69, 9.17) is 11.1 Å². The van der Waals surface area contributed by atoms with Crippen LogP contribution in [0.2, 0.25) is 0 Å². The lowest BCUT2D eigenvalue weighted by Crippen LogP contribution is -2.15. The molecule has 0 heterocycles. The molecule has 0 atom stereocenters. The molecule has 140 valence electrons. The molecule has 3 rings (SSSR count). The summed E-state index contributed by atoms with van der Waals surface area (Å²) in [5.41, 5.74) is 10.6. The monoisotopic (exact) mass is 368 g/mol. The molecular formula is C24H24N4. The van der Waals surface area contributed by atoms with Crippen LogP contribution in [0.15, 0.2) is 78.9 Å². The summed E-state index contributed by atoms with van der Waals surface area (Å²) in [6.07, 6.45) is 0. The van der Waals surface area contributed by atoms with Crippen molar-refractivity contribution in [1.82, 2.24) is 0 Å². The number of nitrogens with one attached hydrogen (secondary N) is 2. The fourth-order valence-corrected chi connectivity index (χ4v) is 2.80. The number of hydrogen-bond donors (Lipinski definition) is 3. The number of nitrogen functional groups attached to an aromatic ring is 1. The zero-order valence-corrected chi connectivity index (χ0v) is 15.9. The summed E-state index contributed by atoms with van der Waals surface area (Å²) >= 11 is 0. The van der Waals surface area contributed by atoms with Crippen LogP contribution in [0.3, 0.4) is 0 Å². The van der Waals surface area contributed by atoms with E-state index in [1.807, 2.05) is 30.3 Å². The van der Waals surface area contributed by atoms with Gasteiger partial charge in [-0.15, -0.1) is 0 Å². The van der Waals surface area contributed by atoms with Gasteiger partial charge in [-0.3, -0.25) is 5.41 Å². The van der Waals surface area contributed by atoms with Crippen LogP contribution in [0, 0.1) is 17.3 Å². The van der Waals surface area contributed by atoms with Crippen LogP contribution in [-0.4, -0.2) is 19.4 Å². The van der Waals surface area contributed by atoms with Gasteiger partial charge in [0.05, 0.1) is 6.54 Å². The number of nitrogens with two attached hydrogens (primary N) is 1. The number of rotatable bonds is 6. The third kappa shape index (κ3) is 5.39. The molecule has 0 saturated carbocycles. The molecule has 28 heavy (non-hydrogen) atoms. The van der Waals surface area contributed by atoms with Crippen molar-refractivity contribution in [3.8, 4) is 11.8 Å². The first-order valence-electron chi connectivity index (χ1n) is 9.14. The zero-order chi connectivity index (χ0) is 19.8. The quantitative estimate of drug-likeness (QED) is 0.349. The van der Waals surface area contributed by atoms with Gasteiger partial charge in [0, 0.05) is 36.1 Å². The van der Waals surface area contributed by atoms with Crippen molar-refractivity contribution < 1.29 is 0 Å². The Morgan fingerprint density at radius 2 is 1.64 bits per heavy atom. The molecule has 0 aliphatic heterocycles. The van der Waals surface area contributed by atoms with Crippen molar-refractivity contribution in [2.24, 2.45) is 5.73 Å². The highest BCUT2D eigenvalue weighted by Gasteiger charge is 2.01. The van der Waals surface area contributed by atoms with Gasteiger partial charge in [-0.25, -0.2) is 0 Å². The first-order chi connectivity index (χ1) is 13.6. The molecule has 0 fully saturated rings. The van der Waals surface area contributed by atoms with E-state index in [9.17, 15) is 0 Å². The number of para-hydroxylation sites is 1. The molecule has 3 aromatic rings. The minimum atomic E-state index is 0.0738. The maximum atomic E-state index is 7.40. The fourth-order valence-electron chi connectivity index (χ4n) is 2.80. The molecule has 0 aromatic heterocycles. The molecule has 0 amide bonds. The second-order valence-electron chi connectivity index (χ2n) is 6.53. The van der Waals surface area contributed by atoms with Crippen molar-refractivity contribution in [3.63, 3.8) is 0 Å². The number of anilines is 2. The first kappa shape index (κ1) is 19.1. The molecule has 0 saturated heterocycles. The summed E-state index contributed by atoms with van der Waals surface area (Å²) in [5, 5.41) is 10.6. The Morgan fingerprint density at radius 1 is 0.964 bits per heavy atom. The molecular weight excluding hydrogens is 344 g/mol. The Hall–Kier alpha value is -3.71. The van der Waals surface area contributed by atoms with Crippen LogP contribution in [0.4, 0.5) is 11.4 Å². The van der Waals surface area contributed by atoms with E-state index >= 15 is 0 Å². The lowest BCUT2D eigenvalue weighted by Gasteiger charge is -2.19. The molecule has 4 N–H and O–H groups in total. The van der Waals surface area contributed by atoms with Crippen molar-refractivity contribution in [1.29, 1.82) is 5.41 Å². The standard InChI is InChI=1S/C24H24N4/c1-28(23-7-3-2-4-8-23)18-20-11-9-19(10-12-20)6-5-17-27-22-15-13-21(14-16-22)24(25)26/h2-4,7-16,27H,17-18H2,1H3,(H3,25,26). The molecule has 3 aromatic carbocycles. The van der Waals surface area contributed by atoms with Gasteiger partial charge >= 0.3 is 0 Å². The van der Waals surface area contributed by atoms with Crippen LogP contribution in [-0.2, 0) is 6.54 Å². The Labute approximate surface area is 166 Å². The Balaban J connectivity index is 1.51. The van der Waals surface area contributed by atoms with E-state index in [1.54, 1.807) is 0 Å². The van der Waals surface area contributed by atoms with Crippen LogP contribution >= 0.6 is 0 Å². The number of nitrogens with zero attached hydrogens (tertiary/aromatic N) is 1. The average Bonchev–Trinajstić information content (AvgIpc) is 2.73. The highest BCUT2D eigenvalue weighted by molar-refractivity contribution is 5.95. The van der Waals surface area contributed by atoms with E-state index in [0.717, 1.165) is 23.4 Å². The molecule has 0 spiro atoms. The Kier molecular flexibility index (Phi) is 6.33. The molecule has 0 bridgehead atoms. The lowest BCUT2D eigenvalue weighted by atomic mass is 10.1. The molecule has 0 unspecified atom stereocenters. The Bertz CT molecular complexity index is 965. The van der Waals surface area contributed by atoms with Crippen molar-refractivity contribution in [3.05, 3.63) is 95.6 Å². The van der Waals surface area contributed by atoms with E-state index in [1.165, 1.54) is 11.3 Å². The third-order valence-electron chi connectivity index (χ3n) is 4.38. The number of benzene rings is 3. The summed E-state index contributed by atoms with van der Waals surface area (Å²) in [6, 6.07) is 26.2. The maximum Gasteiger partial charge on any atom is 0.122 e. The molecule has 0 radical (unpaired) electrons. The topological polar surface area (TPSA) is 65.1 Å². The van der Waals surface area contributed by atoms with Gasteiger partial charge in [0.2, 0.25) is 0 Å². The molecule has 0 aliphatic rings. The predicted octanol–water partition coefficient (Wildman–Crippen LogP) is 4.07. The van der Waals surface area contributed by atoms with Crippen LogP contribution in [0.25, 0.3) is 0 Å². The minimum Gasteiger partial charge on any atom is -0.384 e. The van der Waals surface area contributed by atoms with Gasteiger partial charge in [0.15, 0.2) is 0 Å². The third-order valence-corrected chi connectivity index (χ3v) is 4.38. The fraction of sp³-hybridized carbons (Fsp3) is 0.125. The van der Waals surface area contributed by atoms with Gasteiger partial charge in [-0.05, 0) is 54.1 Å². The smallest absolute Gasteiger partial charge is 0.122 e. The predicted molar refractivity (Wildman–Crippen MR) is 118 cm³/mol.